The zero-order valence-electron chi connectivity index (χ0n) is 18.0. The lowest BCUT2D eigenvalue weighted by Crippen LogP contribution is -2.35. The summed E-state index contributed by atoms with van der Waals surface area (Å²) in [6, 6.07) is 26.1. The topological polar surface area (TPSA) is 12.5 Å². The molecule has 1 aliphatic rings. The van der Waals surface area contributed by atoms with Gasteiger partial charge in [0, 0.05) is 11.4 Å². The second-order valence-electron chi connectivity index (χ2n) is 8.27. The average Bonchev–Trinajstić information content (AvgIpc) is 2.79. The number of hydrogen-bond donors (Lipinski definition) is 0. The van der Waals surface area contributed by atoms with Gasteiger partial charge < -0.3 is 4.74 Å². The van der Waals surface area contributed by atoms with Gasteiger partial charge in [0.2, 0.25) is 0 Å². The molecule has 30 heavy (non-hydrogen) atoms. The van der Waals surface area contributed by atoms with E-state index in [0.717, 1.165) is 32.0 Å². The Labute approximate surface area is 185 Å². The Bertz CT molecular complexity index is 928. The Kier molecular flexibility index (Phi) is 7.14. The van der Waals surface area contributed by atoms with Crippen molar-refractivity contribution in [3.63, 3.8) is 0 Å². The van der Waals surface area contributed by atoms with Crippen LogP contribution in [0.15, 0.2) is 77.7 Å². The van der Waals surface area contributed by atoms with Crippen LogP contribution in [0.1, 0.15) is 24.0 Å². The van der Waals surface area contributed by atoms with Gasteiger partial charge >= 0.3 is 0 Å². The number of likely N-dealkylation sites (tertiary alicyclic amines) is 1. The molecule has 3 aromatic rings. The van der Waals surface area contributed by atoms with Crippen molar-refractivity contribution in [2.45, 2.75) is 31.2 Å². The van der Waals surface area contributed by atoms with Crippen molar-refractivity contribution in [3.05, 3.63) is 83.9 Å². The summed E-state index contributed by atoms with van der Waals surface area (Å²) < 4.78 is 6.12. The molecule has 1 fully saturated rings. The molecule has 0 spiro atoms. The van der Waals surface area contributed by atoms with E-state index in [9.17, 15) is 0 Å². The van der Waals surface area contributed by atoms with Crippen LogP contribution in [0.2, 0.25) is 0 Å². The molecule has 3 aromatic carbocycles. The standard InChI is InChI=1S/C27H31NOS/c1-21-4-3-5-23(18-21)19-28-16-14-22(15-17-28)20-29-26-10-6-24(7-11-26)25-8-12-27(30-2)13-9-25/h3-13,18,22H,14-17,19-20H2,1-2H3. The quantitative estimate of drug-likeness (QED) is 0.398. The van der Waals surface area contributed by atoms with Crippen LogP contribution >= 0.6 is 11.8 Å². The summed E-state index contributed by atoms with van der Waals surface area (Å²) in [5.74, 6) is 1.62. The molecule has 1 aliphatic heterocycles. The van der Waals surface area contributed by atoms with Crippen LogP contribution in [-0.4, -0.2) is 30.9 Å². The van der Waals surface area contributed by atoms with Crippen LogP contribution < -0.4 is 4.74 Å². The van der Waals surface area contributed by atoms with Gasteiger partial charge in [-0.05, 0) is 86.0 Å². The van der Waals surface area contributed by atoms with E-state index >= 15 is 0 Å². The van der Waals surface area contributed by atoms with Gasteiger partial charge in [0.25, 0.3) is 0 Å². The van der Waals surface area contributed by atoms with Crippen LogP contribution in [0.25, 0.3) is 11.1 Å². The van der Waals surface area contributed by atoms with E-state index in [2.05, 4.69) is 90.9 Å². The van der Waals surface area contributed by atoms with Gasteiger partial charge in [-0.3, -0.25) is 4.90 Å². The summed E-state index contributed by atoms with van der Waals surface area (Å²) in [4.78, 5) is 3.87. The van der Waals surface area contributed by atoms with Crippen molar-refractivity contribution in [1.29, 1.82) is 0 Å². The number of benzene rings is 3. The van der Waals surface area contributed by atoms with Gasteiger partial charge in [-0.1, -0.05) is 54.1 Å². The number of thioether (sulfide) groups is 1. The second kappa shape index (κ2) is 10.2. The highest BCUT2D eigenvalue weighted by Crippen LogP contribution is 2.26. The van der Waals surface area contributed by atoms with E-state index in [1.807, 2.05) is 0 Å². The van der Waals surface area contributed by atoms with E-state index in [0.29, 0.717) is 5.92 Å². The fourth-order valence-corrected chi connectivity index (χ4v) is 4.53. The summed E-state index contributed by atoms with van der Waals surface area (Å²) >= 11 is 1.77. The largest absolute Gasteiger partial charge is 0.493 e. The number of ether oxygens (including phenoxy) is 1. The van der Waals surface area contributed by atoms with Gasteiger partial charge in [0.15, 0.2) is 0 Å². The van der Waals surface area contributed by atoms with E-state index < -0.39 is 0 Å². The Morgan fingerprint density at radius 1 is 0.900 bits per heavy atom. The molecule has 0 aromatic heterocycles. The monoisotopic (exact) mass is 417 g/mol. The normalized spacial score (nSPS) is 15.3. The molecule has 0 amide bonds. The molecule has 0 aliphatic carbocycles. The molecule has 0 saturated carbocycles. The van der Waals surface area contributed by atoms with Crippen molar-refractivity contribution in [2.24, 2.45) is 5.92 Å². The fourth-order valence-electron chi connectivity index (χ4n) is 4.12. The van der Waals surface area contributed by atoms with Gasteiger partial charge in [0.05, 0.1) is 6.61 Å². The summed E-state index contributed by atoms with van der Waals surface area (Å²) in [6.07, 6.45) is 4.53. The first-order chi connectivity index (χ1) is 14.7. The summed E-state index contributed by atoms with van der Waals surface area (Å²) in [6.45, 7) is 6.37. The smallest absolute Gasteiger partial charge is 0.119 e. The summed E-state index contributed by atoms with van der Waals surface area (Å²) in [5.41, 5.74) is 5.26. The zero-order chi connectivity index (χ0) is 20.8. The number of piperidine rings is 1. The number of hydrogen-bond acceptors (Lipinski definition) is 3. The van der Waals surface area contributed by atoms with E-state index in [1.165, 1.54) is 40.0 Å². The third kappa shape index (κ3) is 5.68. The second-order valence-corrected chi connectivity index (χ2v) is 9.15. The van der Waals surface area contributed by atoms with Crippen molar-refractivity contribution < 1.29 is 4.74 Å². The minimum atomic E-state index is 0.650. The van der Waals surface area contributed by atoms with Crippen molar-refractivity contribution in [3.8, 4) is 16.9 Å². The van der Waals surface area contributed by atoms with E-state index in [-0.39, 0.29) is 0 Å². The van der Waals surface area contributed by atoms with Gasteiger partial charge in [-0.25, -0.2) is 0 Å². The highest BCUT2D eigenvalue weighted by Gasteiger charge is 2.20. The molecule has 0 unspecified atom stereocenters. The molecule has 0 bridgehead atoms. The lowest BCUT2D eigenvalue weighted by molar-refractivity contribution is 0.136. The predicted molar refractivity (Wildman–Crippen MR) is 128 cm³/mol. The highest BCUT2D eigenvalue weighted by atomic mass is 32.2. The first-order valence-corrected chi connectivity index (χ1v) is 12.1. The van der Waals surface area contributed by atoms with Crippen molar-refractivity contribution in [2.75, 3.05) is 26.0 Å². The van der Waals surface area contributed by atoms with Crippen molar-refractivity contribution >= 4 is 11.8 Å². The third-order valence-corrected chi connectivity index (χ3v) is 6.70. The Hall–Kier alpha value is -2.23. The molecule has 156 valence electrons. The lowest BCUT2D eigenvalue weighted by atomic mass is 9.97. The minimum Gasteiger partial charge on any atom is -0.493 e. The Morgan fingerprint density at radius 2 is 1.57 bits per heavy atom. The molecule has 4 rings (SSSR count). The van der Waals surface area contributed by atoms with Crippen LogP contribution in [0, 0.1) is 12.8 Å². The molecule has 1 saturated heterocycles. The van der Waals surface area contributed by atoms with Gasteiger partial charge in [0.1, 0.15) is 5.75 Å². The average molecular weight is 418 g/mol. The van der Waals surface area contributed by atoms with E-state index in [4.69, 9.17) is 4.74 Å². The maximum atomic E-state index is 6.12. The predicted octanol–water partition coefficient (Wildman–Crippen LogP) is 6.67. The number of rotatable bonds is 7. The third-order valence-electron chi connectivity index (χ3n) is 5.96. The van der Waals surface area contributed by atoms with Crippen molar-refractivity contribution in [1.82, 2.24) is 4.90 Å². The maximum Gasteiger partial charge on any atom is 0.119 e. The highest BCUT2D eigenvalue weighted by molar-refractivity contribution is 7.98. The van der Waals surface area contributed by atoms with Crippen LogP contribution in [0.5, 0.6) is 5.75 Å². The molecule has 1 heterocycles. The van der Waals surface area contributed by atoms with Gasteiger partial charge in [-0.15, -0.1) is 11.8 Å². The summed E-state index contributed by atoms with van der Waals surface area (Å²) in [7, 11) is 0. The zero-order valence-corrected chi connectivity index (χ0v) is 18.8. The molecule has 0 radical (unpaired) electrons. The molecular formula is C27H31NOS. The molecule has 2 nitrogen and oxygen atoms in total. The molecular weight excluding hydrogens is 386 g/mol. The van der Waals surface area contributed by atoms with Crippen LogP contribution in [0.3, 0.4) is 0 Å². The Morgan fingerprint density at radius 3 is 2.20 bits per heavy atom. The molecule has 3 heteroatoms. The number of nitrogens with zero attached hydrogens (tertiary/aromatic N) is 1. The Balaban J connectivity index is 1.23. The lowest BCUT2D eigenvalue weighted by Gasteiger charge is -2.32. The van der Waals surface area contributed by atoms with Crippen LogP contribution in [0.4, 0.5) is 0 Å². The van der Waals surface area contributed by atoms with E-state index in [1.54, 1.807) is 11.8 Å². The number of aryl methyl sites for hydroxylation is 1. The maximum absolute atomic E-state index is 6.12. The first-order valence-electron chi connectivity index (χ1n) is 10.8. The SMILES string of the molecule is CSc1ccc(-c2ccc(OCC3CCN(Cc4cccc(C)c4)CC3)cc2)cc1. The van der Waals surface area contributed by atoms with Gasteiger partial charge in [-0.2, -0.15) is 0 Å². The molecule has 0 N–H and O–H groups in total. The summed E-state index contributed by atoms with van der Waals surface area (Å²) in [5, 5.41) is 0. The first kappa shape index (κ1) is 21.0. The fraction of sp³-hybridized carbons (Fsp3) is 0.333. The van der Waals surface area contributed by atoms with Crippen LogP contribution in [-0.2, 0) is 6.54 Å². The molecule has 0 atom stereocenters. The minimum absolute atomic E-state index is 0.650.